The molecule has 1 unspecified atom stereocenters. The summed E-state index contributed by atoms with van der Waals surface area (Å²) in [6.45, 7) is 4.64. The van der Waals surface area contributed by atoms with E-state index in [2.05, 4.69) is 25.6 Å². The number of pyridine rings is 1. The molecule has 1 atom stereocenters. The molecule has 4 rings (SSSR count). The van der Waals surface area contributed by atoms with Gasteiger partial charge in [-0.15, -0.1) is 0 Å². The Labute approximate surface area is 173 Å². The maximum Gasteiger partial charge on any atom is 0.237 e. The minimum Gasteiger partial charge on any atom is -0.370 e. The van der Waals surface area contributed by atoms with Crippen LogP contribution >= 0.6 is 11.8 Å². The largest absolute Gasteiger partial charge is 0.370 e. The summed E-state index contributed by atoms with van der Waals surface area (Å²) < 4.78 is 0. The Kier molecular flexibility index (Phi) is 5.57. The maximum atomic E-state index is 12.8. The highest BCUT2D eigenvalue weighted by Crippen LogP contribution is 2.28. The van der Waals surface area contributed by atoms with E-state index in [9.17, 15) is 4.79 Å². The zero-order chi connectivity index (χ0) is 20.2. The van der Waals surface area contributed by atoms with Crippen LogP contribution in [0.4, 0.5) is 11.5 Å². The van der Waals surface area contributed by atoms with Gasteiger partial charge < -0.3 is 10.6 Å². The fourth-order valence-electron chi connectivity index (χ4n) is 3.07. The van der Waals surface area contributed by atoms with Gasteiger partial charge in [-0.3, -0.25) is 9.78 Å². The summed E-state index contributed by atoms with van der Waals surface area (Å²) in [5.41, 5.74) is 2.45. The molecule has 2 N–H and O–H groups in total. The summed E-state index contributed by atoms with van der Waals surface area (Å²) in [5, 5.41) is 8.39. The molecule has 2 aromatic carbocycles. The Hall–Kier alpha value is -3.19. The number of benzene rings is 2. The molecule has 0 fully saturated rings. The third-order valence-corrected chi connectivity index (χ3v) is 5.44. The third kappa shape index (κ3) is 4.14. The summed E-state index contributed by atoms with van der Waals surface area (Å²) in [7, 11) is 0. The van der Waals surface area contributed by atoms with Crippen molar-refractivity contribution in [1.82, 2.24) is 15.0 Å². The monoisotopic (exact) mass is 403 g/mol. The van der Waals surface area contributed by atoms with Crippen molar-refractivity contribution in [3.63, 3.8) is 0 Å². The number of para-hydroxylation sites is 1. The molecule has 6 nitrogen and oxygen atoms in total. The predicted molar refractivity (Wildman–Crippen MR) is 119 cm³/mol. The first-order chi connectivity index (χ1) is 14.2. The minimum absolute atomic E-state index is 0.104. The fraction of sp³-hybridized carbons (Fsp3) is 0.182. The van der Waals surface area contributed by atoms with Crippen LogP contribution in [0.3, 0.4) is 0 Å². The molecule has 0 radical (unpaired) electrons. The second-order valence-corrected chi connectivity index (χ2v) is 7.84. The first-order valence-corrected chi connectivity index (χ1v) is 10.4. The summed E-state index contributed by atoms with van der Waals surface area (Å²) in [4.78, 5) is 26.4. The molecule has 0 saturated heterocycles. The Balaban J connectivity index is 1.55. The van der Waals surface area contributed by atoms with Gasteiger partial charge in [0.05, 0.1) is 22.0 Å². The number of hydrogen-bond donors (Lipinski definition) is 2. The number of nitrogens with zero attached hydrogens (tertiary/aromatic N) is 3. The number of thioether (sulfide) groups is 1. The number of anilines is 2. The molecule has 7 heteroatoms. The van der Waals surface area contributed by atoms with Gasteiger partial charge in [-0.25, -0.2) is 9.97 Å². The van der Waals surface area contributed by atoms with Crippen LogP contribution in [-0.2, 0) is 4.79 Å². The van der Waals surface area contributed by atoms with Crippen LogP contribution in [0.25, 0.3) is 21.8 Å². The lowest BCUT2D eigenvalue weighted by Gasteiger charge is -2.14. The van der Waals surface area contributed by atoms with Crippen LogP contribution in [0.5, 0.6) is 0 Å². The van der Waals surface area contributed by atoms with Gasteiger partial charge in [0.2, 0.25) is 5.91 Å². The molecule has 0 bridgehead atoms. The fourth-order valence-corrected chi connectivity index (χ4v) is 3.85. The van der Waals surface area contributed by atoms with Crippen molar-refractivity contribution in [3.8, 4) is 0 Å². The molecule has 2 aromatic heterocycles. The zero-order valence-electron chi connectivity index (χ0n) is 16.2. The highest BCUT2D eigenvalue weighted by atomic mass is 32.2. The number of amides is 1. The van der Waals surface area contributed by atoms with E-state index in [1.165, 1.54) is 11.8 Å². The number of carbonyl (C=O) groups excluding carboxylic acids is 1. The Morgan fingerprint density at radius 2 is 1.79 bits per heavy atom. The second-order valence-electron chi connectivity index (χ2n) is 6.53. The van der Waals surface area contributed by atoms with Gasteiger partial charge in [0.25, 0.3) is 0 Å². The van der Waals surface area contributed by atoms with Gasteiger partial charge in [-0.1, -0.05) is 30.0 Å². The quantitative estimate of drug-likeness (QED) is 0.358. The van der Waals surface area contributed by atoms with Crippen LogP contribution < -0.4 is 10.6 Å². The van der Waals surface area contributed by atoms with Crippen LogP contribution in [0.1, 0.15) is 13.8 Å². The Bertz CT molecular complexity index is 1170. The molecule has 0 aliphatic heterocycles. The molecular formula is C22H21N5OS. The standard InChI is InChI=1S/C22H21N5OS/c1-3-23-20-16-8-4-5-10-19(16)26-22(27-20)29-14(2)21(28)25-18-12-6-11-17-15(18)9-7-13-24-17/h4-14H,3H2,1-2H3,(H,25,28)(H,23,26,27). The maximum absolute atomic E-state index is 12.8. The van der Waals surface area contributed by atoms with Crippen LogP contribution in [-0.4, -0.2) is 32.7 Å². The normalized spacial score (nSPS) is 12.1. The molecule has 2 heterocycles. The first-order valence-electron chi connectivity index (χ1n) is 9.47. The van der Waals surface area contributed by atoms with E-state index < -0.39 is 0 Å². The summed E-state index contributed by atoms with van der Waals surface area (Å²) in [5.74, 6) is 0.682. The van der Waals surface area contributed by atoms with E-state index in [-0.39, 0.29) is 11.2 Å². The minimum atomic E-state index is -0.363. The molecule has 1 amide bonds. The molecular weight excluding hydrogens is 382 g/mol. The van der Waals surface area contributed by atoms with Crippen molar-refractivity contribution in [2.24, 2.45) is 0 Å². The molecule has 0 aliphatic rings. The lowest BCUT2D eigenvalue weighted by molar-refractivity contribution is -0.115. The van der Waals surface area contributed by atoms with E-state index in [4.69, 9.17) is 0 Å². The van der Waals surface area contributed by atoms with Gasteiger partial charge in [-0.05, 0) is 50.2 Å². The van der Waals surface area contributed by atoms with Crippen molar-refractivity contribution < 1.29 is 4.79 Å². The van der Waals surface area contributed by atoms with Gasteiger partial charge in [0, 0.05) is 23.5 Å². The van der Waals surface area contributed by atoms with Crippen LogP contribution in [0, 0.1) is 0 Å². The predicted octanol–water partition coefficient (Wildman–Crippen LogP) is 4.73. The highest BCUT2D eigenvalue weighted by Gasteiger charge is 2.18. The van der Waals surface area contributed by atoms with Crippen molar-refractivity contribution in [2.45, 2.75) is 24.3 Å². The Morgan fingerprint density at radius 1 is 1.00 bits per heavy atom. The molecule has 4 aromatic rings. The van der Waals surface area contributed by atoms with Gasteiger partial charge in [0.15, 0.2) is 5.16 Å². The van der Waals surface area contributed by atoms with Crippen LogP contribution in [0.2, 0.25) is 0 Å². The summed E-state index contributed by atoms with van der Waals surface area (Å²) in [6, 6.07) is 17.4. The number of rotatable bonds is 6. The number of fused-ring (bicyclic) bond motifs is 2. The van der Waals surface area contributed by atoms with Crippen molar-refractivity contribution >= 4 is 51.0 Å². The molecule has 0 saturated carbocycles. The molecule has 0 aliphatic carbocycles. The van der Waals surface area contributed by atoms with E-state index in [0.717, 1.165) is 39.9 Å². The van der Waals surface area contributed by atoms with E-state index in [0.29, 0.717) is 5.16 Å². The molecule has 29 heavy (non-hydrogen) atoms. The molecule has 0 spiro atoms. The summed E-state index contributed by atoms with van der Waals surface area (Å²) in [6.07, 6.45) is 1.74. The zero-order valence-corrected chi connectivity index (χ0v) is 17.0. The number of nitrogens with one attached hydrogen (secondary N) is 2. The molecule has 146 valence electrons. The lowest BCUT2D eigenvalue weighted by Crippen LogP contribution is -2.23. The van der Waals surface area contributed by atoms with E-state index in [1.54, 1.807) is 6.20 Å². The number of hydrogen-bond acceptors (Lipinski definition) is 6. The third-order valence-electron chi connectivity index (χ3n) is 4.48. The topological polar surface area (TPSA) is 79.8 Å². The average Bonchev–Trinajstić information content (AvgIpc) is 2.74. The van der Waals surface area contributed by atoms with Gasteiger partial charge in [-0.2, -0.15) is 0 Å². The van der Waals surface area contributed by atoms with Crippen molar-refractivity contribution in [2.75, 3.05) is 17.2 Å². The summed E-state index contributed by atoms with van der Waals surface area (Å²) >= 11 is 1.34. The van der Waals surface area contributed by atoms with Crippen molar-refractivity contribution in [1.29, 1.82) is 0 Å². The highest BCUT2D eigenvalue weighted by molar-refractivity contribution is 8.00. The van der Waals surface area contributed by atoms with Gasteiger partial charge >= 0.3 is 0 Å². The SMILES string of the molecule is CCNc1nc(SC(C)C(=O)Nc2cccc3ncccc23)nc2ccccc12. The van der Waals surface area contributed by atoms with Crippen molar-refractivity contribution in [3.05, 3.63) is 60.8 Å². The smallest absolute Gasteiger partial charge is 0.237 e. The first kappa shape index (κ1) is 19.1. The van der Waals surface area contributed by atoms with E-state index in [1.807, 2.05) is 68.4 Å². The van der Waals surface area contributed by atoms with Crippen LogP contribution in [0.15, 0.2) is 66.0 Å². The lowest BCUT2D eigenvalue weighted by atomic mass is 10.2. The van der Waals surface area contributed by atoms with E-state index >= 15 is 0 Å². The van der Waals surface area contributed by atoms with Gasteiger partial charge in [0.1, 0.15) is 5.82 Å². The second kappa shape index (κ2) is 8.45. The number of aromatic nitrogens is 3. The number of carbonyl (C=O) groups is 1. The average molecular weight is 404 g/mol. The Morgan fingerprint density at radius 3 is 2.66 bits per heavy atom.